The van der Waals surface area contributed by atoms with Gasteiger partial charge in [-0.2, -0.15) is 16.7 Å². The van der Waals surface area contributed by atoms with Gasteiger partial charge in [0.1, 0.15) is 5.82 Å². The maximum atomic E-state index is 6.54. The molecular weight excluding hydrogens is 760 g/mol. The van der Waals surface area contributed by atoms with E-state index in [-0.39, 0.29) is 26.5 Å². The topological polar surface area (TPSA) is 44.9 Å². The SMILES string of the molecule is CCCc1cc(Oc2[c-]c3c(cc2)c2ccccc2n3-c2cc(C(C)(C)C)ccn2)[c-]c(-n2cc(-c3c(C)cccc3C)cn2)c1.[Pt+2]. The third kappa shape index (κ3) is 6.29. The normalized spacial score (nSPS) is 11.6. The van der Waals surface area contributed by atoms with Crippen LogP contribution >= 0.6 is 0 Å². The van der Waals surface area contributed by atoms with E-state index in [9.17, 15) is 0 Å². The number of aromatic nitrogens is 4. The Hall–Kier alpha value is -4.47. The summed E-state index contributed by atoms with van der Waals surface area (Å²) in [5, 5.41) is 7.00. The summed E-state index contributed by atoms with van der Waals surface area (Å²) < 4.78 is 10.6. The Kier molecular flexibility index (Phi) is 8.96. The van der Waals surface area contributed by atoms with E-state index in [0.29, 0.717) is 11.5 Å². The average molecular weight is 798 g/mol. The summed E-state index contributed by atoms with van der Waals surface area (Å²) in [7, 11) is 0. The zero-order valence-corrected chi connectivity index (χ0v) is 29.9. The second-order valence-electron chi connectivity index (χ2n) is 13.1. The van der Waals surface area contributed by atoms with Gasteiger partial charge in [-0.1, -0.05) is 82.5 Å². The van der Waals surface area contributed by atoms with Crippen LogP contribution in [0, 0.1) is 26.0 Å². The van der Waals surface area contributed by atoms with Crippen molar-refractivity contribution in [1.82, 2.24) is 19.3 Å². The van der Waals surface area contributed by atoms with Crippen LogP contribution in [0.2, 0.25) is 0 Å². The van der Waals surface area contributed by atoms with Crippen molar-refractivity contribution in [3.05, 3.63) is 132 Å². The van der Waals surface area contributed by atoms with Gasteiger partial charge in [-0.15, -0.1) is 35.7 Å². The second kappa shape index (κ2) is 13.0. The standard InChI is InChI=1S/C41H38N4O.Pt/c1-7-11-29-20-32(44-26-30(25-43-44)40-27(2)12-10-13-28(40)3)23-34(21-29)46-33-16-17-36-35-14-8-9-15-37(35)45(38(36)24-33)39-22-31(18-19-42-39)41(4,5)6;/h8-10,12-22,25-26H,7,11H2,1-6H3;/q-2;+2. The Balaban J connectivity index is 0.00000386. The summed E-state index contributed by atoms with van der Waals surface area (Å²) in [4.78, 5) is 4.81. The van der Waals surface area contributed by atoms with Crippen molar-refractivity contribution in [3.63, 3.8) is 0 Å². The summed E-state index contributed by atoms with van der Waals surface area (Å²) >= 11 is 0. The van der Waals surface area contributed by atoms with E-state index in [0.717, 1.165) is 51.7 Å². The van der Waals surface area contributed by atoms with Crippen LogP contribution in [-0.4, -0.2) is 19.3 Å². The Bertz CT molecular complexity index is 2200. The molecule has 4 aromatic carbocycles. The van der Waals surface area contributed by atoms with Gasteiger partial charge in [0.15, 0.2) is 0 Å². The van der Waals surface area contributed by atoms with Gasteiger partial charge in [-0.05, 0) is 70.8 Å². The molecule has 7 rings (SSSR count). The van der Waals surface area contributed by atoms with Crippen molar-refractivity contribution in [2.24, 2.45) is 0 Å². The quantitative estimate of drug-likeness (QED) is 0.151. The predicted molar refractivity (Wildman–Crippen MR) is 187 cm³/mol. The van der Waals surface area contributed by atoms with Gasteiger partial charge in [0.2, 0.25) is 0 Å². The minimum Gasteiger partial charge on any atom is -0.509 e. The van der Waals surface area contributed by atoms with E-state index in [4.69, 9.17) is 14.8 Å². The summed E-state index contributed by atoms with van der Waals surface area (Å²) in [5.41, 5.74) is 10.0. The zero-order valence-electron chi connectivity index (χ0n) is 27.7. The van der Waals surface area contributed by atoms with E-state index in [1.807, 2.05) is 23.1 Å². The smallest absolute Gasteiger partial charge is 0.509 e. The molecule has 0 unspecified atom stereocenters. The zero-order chi connectivity index (χ0) is 32.0. The van der Waals surface area contributed by atoms with Gasteiger partial charge < -0.3 is 9.30 Å². The number of nitrogens with zero attached hydrogens (tertiary/aromatic N) is 4. The van der Waals surface area contributed by atoms with Crippen LogP contribution in [-0.2, 0) is 32.9 Å². The number of rotatable bonds is 7. The number of fused-ring (bicyclic) bond motifs is 3. The van der Waals surface area contributed by atoms with Gasteiger partial charge in [-0.25, -0.2) is 4.98 Å². The second-order valence-corrected chi connectivity index (χ2v) is 13.1. The monoisotopic (exact) mass is 797 g/mol. The first-order valence-corrected chi connectivity index (χ1v) is 16.0. The van der Waals surface area contributed by atoms with Crippen molar-refractivity contribution < 1.29 is 25.8 Å². The molecular formula is C41H38N4OPt. The molecule has 3 aromatic heterocycles. The summed E-state index contributed by atoms with van der Waals surface area (Å²) in [6.07, 6.45) is 7.85. The van der Waals surface area contributed by atoms with E-state index < -0.39 is 0 Å². The van der Waals surface area contributed by atoms with Crippen LogP contribution in [0.25, 0.3) is 44.4 Å². The number of aryl methyl sites for hydroxylation is 3. The van der Waals surface area contributed by atoms with Crippen LogP contribution in [0.15, 0.2) is 97.5 Å². The van der Waals surface area contributed by atoms with E-state index in [2.05, 4.69) is 137 Å². The van der Waals surface area contributed by atoms with Gasteiger partial charge in [-0.3, -0.25) is 4.68 Å². The molecule has 47 heavy (non-hydrogen) atoms. The summed E-state index contributed by atoms with van der Waals surface area (Å²) in [5.74, 6) is 2.12. The molecule has 0 aliphatic carbocycles. The largest absolute Gasteiger partial charge is 2.00 e. The summed E-state index contributed by atoms with van der Waals surface area (Å²) in [6.45, 7) is 13.1. The van der Waals surface area contributed by atoms with Crippen molar-refractivity contribution in [2.75, 3.05) is 0 Å². The molecule has 0 bridgehead atoms. The minimum absolute atomic E-state index is 0. The molecule has 0 fully saturated rings. The van der Waals surface area contributed by atoms with Gasteiger partial charge >= 0.3 is 21.1 Å². The molecule has 0 radical (unpaired) electrons. The number of para-hydroxylation sites is 1. The predicted octanol–water partition coefficient (Wildman–Crippen LogP) is 10.3. The Labute approximate surface area is 291 Å². The maximum absolute atomic E-state index is 6.54. The number of benzene rings is 4. The molecule has 5 nitrogen and oxygen atoms in total. The van der Waals surface area contributed by atoms with Crippen LogP contribution in [0.5, 0.6) is 11.5 Å². The van der Waals surface area contributed by atoms with Crippen LogP contribution < -0.4 is 4.74 Å². The van der Waals surface area contributed by atoms with Crippen LogP contribution in [0.1, 0.15) is 56.4 Å². The van der Waals surface area contributed by atoms with Crippen LogP contribution in [0.4, 0.5) is 0 Å². The molecule has 0 N–H and O–H groups in total. The van der Waals surface area contributed by atoms with Gasteiger partial charge in [0, 0.05) is 35.0 Å². The molecule has 6 heteroatoms. The van der Waals surface area contributed by atoms with Gasteiger partial charge in [0.05, 0.1) is 6.20 Å². The first-order chi connectivity index (χ1) is 22.2. The Morgan fingerprint density at radius 2 is 1.62 bits per heavy atom. The van der Waals surface area contributed by atoms with Crippen molar-refractivity contribution in [1.29, 1.82) is 0 Å². The first-order valence-electron chi connectivity index (χ1n) is 16.0. The third-order valence-corrected chi connectivity index (χ3v) is 8.65. The molecule has 0 aliphatic rings. The molecule has 0 aliphatic heterocycles. The van der Waals surface area contributed by atoms with E-state index >= 15 is 0 Å². The van der Waals surface area contributed by atoms with Crippen LogP contribution in [0.3, 0.4) is 0 Å². The minimum atomic E-state index is -0.000419. The van der Waals surface area contributed by atoms with Crippen molar-refractivity contribution >= 4 is 21.8 Å². The Morgan fingerprint density at radius 3 is 2.38 bits per heavy atom. The fraction of sp³-hybridized carbons (Fsp3) is 0.220. The number of pyridine rings is 1. The number of hydrogen-bond donors (Lipinski definition) is 0. The summed E-state index contributed by atoms with van der Waals surface area (Å²) in [6, 6.07) is 34.5. The molecule has 3 heterocycles. The number of hydrogen-bond acceptors (Lipinski definition) is 3. The van der Waals surface area contributed by atoms with Crippen molar-refractivity contribution in [3.8, 4) is 34.1 Å². The van der Waals surface area contributed by atoms with Crippen molar-refractivity contribution in [2.45, 2.75) is 59.8 Å². The molecule has 0 amide bonds. The molecule has 0 saturated carbocycles. The Morgan fingerprint density at radius 1 is 0.830 bits per heavy atom. The first kappa shape index (κ1) is 32.5. The third-order valence-electron chi connectivity index (χ3n) is 8.65. The molecule has 7 aromatic rings. The fourth-order valence-corrected chi connectivity index (χ4v) is 6.35. The van der Waals surface area contributed by atoms with E-state index in [1.54, 1.807) is 0 Å². The number of ether oxygens (including phenoxy) is 1. The average Bonchev–Trinajstić information content (AvgIpc) is 3.64. The fourth-order valence-electron chi connectivity index (χ4n) is 6.35. The molecule has 238 valence electrons. The molecule has 0 atom stereocenters. The van der Waals surface area contributed by atoms with E-state index in [1.165, 1.54) is 27.8 Å². The molecule has 0 spiro atoms. The van der Waals surface area contributed by atoms with Gasteiger partial charge in [0.25, 0.3) is 0 Å². The molecule has 0 saturated heterocycles. The maximum Gasteiger partial charge on any atom is 2.00 e.